The molecule has 0 aromatic carbocycles. The maximum Gasteiger partial charge on any atom is 0.223 e. The summed E-state index contributed by atoms with van der Waals surface area (Å²) in [4.78, 5) is 11.5. The van der Waals surface area contributed by atoms with Gasteiger partial charge in [-0.25, -0.2) is 0 Å². The lowest BCUT2D eigenvalue weighted by Crippen LogP contribution is -2.35. The number of carbonyl (C=O) groups is 1. The number of hydrogen-bond acceptors (Lipinski definition) is 2. The largest absolute Gasteiger partial charge is 0.355 e. The first kappa shape index (κ1) is 10.5. The van der Waals surface area contributed by atoms with Gasteiger partial charge in [-0.1, -0.05) is 19.8 Å². The molecular weight excluding hydrogens is 164 g/mol. The zero-order chi connectivity index (χ0) is 9.52. The van der Waals surface area contributed by atoms with E-state index >= 15 is 0 Å². The number of carbonyl (C=O) groups excluding carboxylic acids is 1. The molecule has 1 rings (SSSR count). The molecule has 0 heterocycles. The average Bonchev–Trinajstić information content (AvgIpc) is 2.65. The Labute approximate surface area is 80.3 Å². The highest BCUT2D eigenvalue weighted by Crippen LogP contribution is 2.24. The van der Waals surface area contributed by atoms with Crippen molar-refractivity contribution in [3.63, 3.8) is 0 Å². The molecule has 1 aliphatic carbocycles. The maximum absolute atomic E-state index is 11.5. The maximum atomic E-state index is 11.5. The van der Waals surface area contributed by atoms with Gasteiger partial charge in [0.05, 0.1) is 0 Å². The second-order valence-electron chi connectivity index (χ2n) is 3.63. The van der Waals surface area contributed by atoms with Crippen molar-refractivity contribution >= 4 is 5.91 Å². The molecule has 0 radical (unpaired) electrons. The Morgan fingerprint density at radius 2 is 2.00 bits per heavy atom. The van der Waals surface area contributed by atoms with Crippen molar-refractivity contribution < 1.29 is 4.79 Å². The van der Waals surface area contributed by atoms with E-state index in [2.05, 4.69) is 17.6 Å². The first-order valence-electron chi connectivity index (χ1n) is 5.33. The van der Waals surface area contributed by atoms with Crippen molar-refractivity contribution in [3.8, 4) is 0 Å². The highest BCUT2D eigenvalue weighted by atomic mass is 16.1. The van der Waals surface area contributed by atoms with Crippen molar-refractivity contribution in [2.45, 2.75) is 32.6 Å². The molecule has 0 aliphatic heterocycles. The quantitative estimate of drug-likeness (QED) is 0.623. The molecule has 2 N–H and O–H groups in total. The van der Waals surface area contributed by atoms with Crippen LogP contribution in [0.4, 0.5) is 0 Å². The van der Waals surface area contributed by atoms with Crippen LogP contribution in [-0.4, -0.2) is 25.5 Å². The number of rotatable bonds is 5. The first-order chi connectivity index (χ1) is 6.34. The van der Waals surface area contributed by atoms with Crippen LogP contribution in [0.5, 0.6) is 0 Å². The van der Waals surface area contributed by atoms with Gasteiger partial charge < -0.3 is 10.6 Å². The van der Waals surface area contributed by atoms with Crippen LogP contribution < -0.4 is 10.6 Å². The molecule has 0 unspecified atom stereocenters. The van der Waals surface area contributed by atoms with Crippen molar-refractivity contribution in [2.24, 2.45) is 5.92 Å². The van der Waals surface area contributed by atoms with Crippen LogP contribution in [0.3, 0.4) is 0 Å². The second kappa shape index (κ2) is 5.97. The van der Waals surface area contributed by atoms with Crippen LogP contribution in [0.2, 0.25) is 0 Å². The van der Waals surface area contributed by atoms with Gasteiger partial charge in [-0.2, -0.15) is 0 Å². The Morgan fingerprint density at radius 3 is 2.62 bits per heavy atom. The fourth-order valence-electron chi connectivity index (χ4n) is 1.78. The van der Waals surface area contributed by atoms with E-state index in [0.717, 1.165) is 32.5 Å². The van der Waals surface area contributed by atoms with E-state index < -0.39 is 0 Å². The normalized spacial score (nSPS) is 17.6. The van der Waals surface area contributed by atoms with E-state index in [4.69, 9.17) is 0 Å². The minimum absolute atomic E-state index is 0.260. The Morgan fingerprint density at radius 1 is 1.31 bits per heavy atom. The first-order valence-corrected chi connectivity index (χ1v) is 5.33. The Bertz CT molecular complexity index is 153. The predicted octanol–water partition coefficient (Wildman–Crippen LogP) is 0.902. The Balaban J connectivity index is 2.03. The van der Waals surface area contributed by atoms with Gasteiger partial charge in [-0.15, -0.1) is 0 Å². The standard InChI is InChI=1S/C10H20N2O/c1-2-11-7-8-12-10(13)9-5-3-4-6-9/h9,11H,2-8H2,1H3,(H,12,13). The molecule has 1 saturated carbocycles. The molecule has 0 atom stereocenters. The zero-order valence-corrected chi connectivity index (χ0v) is 8.44. The molecule has 0 saturated heterocycles. The summed E-state index contributed by atoms with van der Waals surface area (Å²) in [7, 11) is 0. The molecule has 3 nitrogen and oxygen atoms in total. The molecule has 76 valence electrons. The van der Waals surface area contributed by atoms with Gasteiger partial charge in [0.2, 0.25) is 5.91 Å². The third-order valence-corrected chi connectivity index (χ3v) is 2.58. The fraction of sp³-hybridized carbons (Fsp3) is 0.900. The summed E-state index contributed by atoms with van der Waals surface area (Å²) in [6.45, 7) is 4.69. The van der Waals surface area contributed by atoms with Gasteiger partial charge in [0, 0.05) is 19.0 Å². The van der Waals surface area contributed by atoms with Crippen molar-refractivity contribution in [1.29, 1.82) is 0 Å². The van der Waals surface area contributed by atoms with E-state index in [0.29, 0.717) is 5.92 Å². The lowest BCUT2D eigenvalue weighted by atomic mass is 10.1. The topological polar surface area (TPSA) is 41.1 Å². The summed E-state index contributed by atoms with van der Waals surface area (Å²) in [5.74, 6) is 0.567. The van der Waals surface area contributed by atoms with Gasteiger partial charge >= 0.3 is 0 Å². The monoisotopic (exact) mass is 184 g/mol. The lowest BCUT2D eigenvalue weighted by molar-refractivity contribution is -0.124. The molecule has 1 aliphatic rings. The van der Waals surface area contributed by atoms with E-state index in [1.807, 2.05) is 0 Å². The molecule has 0 aromatic heterocycles. The molecular formula is C10H20N2O. The number of likely N-dealkylation sites (N-methyl/N-ethyl adjacent to an activating group) is 1. The summed E-state index contributed by atoms with van der Waals surface area (Å²) in [6, 6.07) is 0. The highest BCUT2D eigenvalue weighted by Gasteiger charge is 2.21. The lowest BCUT2D eigenvalue weighted by Gasteiger charge is -2.09. The van der Waals surface area contributed by atoms with Crippen molar-refractivity contribution in [2.75, 3.05) is 19.6 Å². The number of nitrogens with one attached hydrogen (secondary N) is 2. The molecule has 0 bridgehead atoms. The summed E-state index contributed by atoms with van der Waals surface area (Å²) in [5.41, 5.74) is 0. The SMILES string of the molecule is CCNCCNC(=O)C1CCCC1. The smallest absolute Gasteiger partial charge is 0.223 e. The summed E-state index contributed by atoms with van der Waals surface area (Å²) in [5, 5.41) is 6.14. The molecule has 0 spiro atoms. The van der Waals surface area contributed by atoms with Crippen LogP contribution in [0, 0.1) is 5.92 Å². The Hall–Kier alpha value is -0.570. The summed E-state index contributed by atoms with van der Waals surface area (Å²) >= 11 is 0. The van der Waals surface area contributed by atoms with Gasteiger partial charge in [0.15, 0.2) is 0 Å². The van der Waals surface area contributed by atoms with Crippen LogP contribution in [-0.2, 0) is 4.79 Å². The molecule has 13 heavy (non-hydrogen) atoms. The highest BCUT2D eigenvalue weighted by molar-refractivity contribution is 5.78. The summed E-state index contributed by atoms with van der Waals surface area (Å²) < 4.78 is 0. The molecule has 3 heteroatoms. The zero-order valence-electron chi connectivity index (χ0n) is 8.44. The van der Waals surface area contributed by atoms with Gasteiger partial charge in [0.1, 0.15) is 0 Å². The second-order valence-corrected chi connectivity index (χ2v) is 3.63. The number of hydrogen-bond donors (Lipinski definition) is 2. The molecule has 0 aromatic rings. The minimum Gasteiger partial charge on any atom is -0.355 e. The fourth-order valence-corrected chi connectivity index (χ4v) is 1.78. The third-order valence-electron chi connectivity index (χ3n) is 2.58. The van der Waals surface area contributed by atoms with Gasteiger partial charge in [-0.3, -0.25) is 4.79 Å². The van der Waals surface area contributed by atoms with E-state index in [1.165, 1.54) is 12.8 Å². The summed E-state index contributed by atoms with van der Waals surface area (Å²) in [6.07, 6.45) is 4.64. The number of amides is 1. The van der Waals surface area contributed by atoms with Crippen LogP contribution in [0.15, 0.2) is 0 Å². The minimum atomic E-state index is 0.260. The third kappa shape index (κ3) is 3.77. The van der Waals surface area contributed by atoms with E-state index in [-0.39, 0.29) is 5.91 Å². The Kier molecular flexibility index (Phi) is 4.83. The van der Waals surface area contributed by atoms with E-state index in [9.17, 15) is 4.79 Å². The van der Waals surface area contributed by atoms with Crippen LogP contribution >= 0.6 is 0 Å². The predicted molar refractivity (Wildman–Crippen MR) is 53.5 cm³/mol. The average molecular weight is 184 g/mol. The van der Waals surface area contributed by atoms with Gasteiger partial charge in [0.25, 0.3) is 0 Å². The molecule has 1 fully saturated rings. The van der Waals surface area contributed by atoms with Gasteiger partial charge in [-0.05, 0) is 19.4 Å². The molecule has 1 amide bonds. The van der Waals surface area contributed by atoms with Crippen molar-refractivity contribution in [1.82, 2.24) is 10.6 Å². The van der Waals surface area contributed by atoms with Crippen LogP contribution in [0.1, 0.15) is 32.6 Å². The van der Waals surface area contributed by atoms with Crippen molar-refractivity contribution in [3.05, 3.63) is 0 Å². The van der Waals surface area contributed by atoms with E-state index in [1.54, 1.807) is 0 Å². The van der Waals surface area contributed by atoms with Crippen LogP contribution in [0.25, 0.3) is 0 Å².